The van der Waals surface area contributed by atoms with Gasteiger partial charge < -0.3 is 15.4 Å². The molecule has 126 valence electrons. The molecule has 0 bridgehead atoms. The third-order valence-corrected chi connectivity index (χ3v) is 5.80. The minimum atomic E-state index is -3.09. The molecular formula is C14H17ClN2O5S. The van der Waals surface area contributed by atoms with Crippen molar-refractivity contribution in [3.63, 3.8) is 0 Å². The Morgan fingerprint density at radius 2 is 2.13 bits per heavy atom. The van der Waals surface area contributed by atoms with Crippen LogP contribution in [0.2, 0.25) is 5.02 Å². The van der Waals surface area contributed by atoms with Crippen LogP contribution < -0.4 is 5.73 Å². The van der Waals surface area contributed by atoms with Gasteiger partial charge in [0, 0.05) is 13.1 Å². The van der Waals surface area contributed by atoms with Crippen LogP contribution >= 0.6 is 11.6 Å². The first-order valence-corrected chi connectivity index (χ1v) is 9.08. The number of hydrogen-bond donors (Lipinski definition) is 1. The van der Waals surface area contributed by atoms with E-state index in [-0.39, 0.29) is 28.8 Å². The fraction of sp³-hybridized carbons (Fsp3) is 0.429. The normalized spacial score (nSPS) is 19.3. The minimum absolute atomic E-state index is 0.0586. The highest BCUT2D eigenvalue weighted by Gasteiger charge is 2.32. The van der Waals surface area contributed by atoms with Crippen molar-refractivity contribution >= 4 is 39.0 Å². The summed E-state index contributed by atoms with van der Waals surface area (Å²) in [4.78, 5) is 25.2. The van der Waals surface area contributed by atoms with Crippen LogP contribution in [0.25, 0.3) is 0 Å². The van der Waals surface area contributed by atoms with E-state index in [2.05, 4.69) is 0 Å². The number of ether oxygens (including phenoxy) is 1. The number of amides is 1. The quantitative estimate of drug-likeness (QED) is 0.626. The maximum absolute atomic E-state index is 12.0. The predicted molar refractivity (Wildman–Crippen MR) is 86.0 cm³/mol. The first-order chi connectivity index (χ1) is 10.7. The highest BCUT2D eigenvalue weighted by molar-refractivity contribution is 7.91. The lowest BCUT2D eigenvalue weighted by Gasteiger charge is -2.23. The van der Waals surface area contributed by atoms with Gasteiger partial charge in [0.15, 0.2) is 16.4 Å². The van der Waals surface area contributed by atoms with Gasteiger partial charge in [-0.05, 0) is 24.6 Å². The molecule has 2 rings (SSSR count). The van der Waals surface area contributed by atoms with Gasteiger partial charge in [-0.15, -0.1) is 0 Å². The van der Waals surface area contributed by atoms with E-state index < -0.39 is 28.3 Å². The second-order valence-electron chi connectivity index (χ2n) is 5.37. The summed E-state index contributed by atoms with van der Waals surface area (Å²) >= 11 is 5.76. The molecule has 1 aromatic carbocycles. The van der Waals surface area contributed by atoms with Gasteiger partial charge in [0.25, 0.3) is 5.91 Å². The maximum atomic E-state index is 12.0. The van der Waals surface area contributed by atoms with Crippen molar-refractivity contribution in [1.82, 2.24) is 4.90 Å². The summed E-state index contributed by atoms with van der Waals surface area (Å²) in [5.74, 6) is -1.15. The van der Waals surface area contributed by atoms with Crippen LogP contribution in [0.5, 0.6) is 0 Å². The SMILES string of the molecule is CN(C(=O)COC(=O)c1ccc(Cl)c(N)c1)[C@H]1CCS(=O)(=O)C1. The van der Waals surface area contributed by atoms with E-state index in [0.29, 0.717) is 11.4 Å². The van der Waals surface area contributed by atoms with Crippen molar-refractivity contribution in [2.75, 3.05) is 30.9 Å². The molecule has 0 saturated carbocycles. The zero-order chi connectivity index (χ0) is 17.2. The number of nitrogens with zero attached hydrogens (tertiary/aromatic N) is 1. The molecule has 0 aromatic heterocycles. The number of likely N-dealkylation sites (N-methyl/N-ethyl adjacent to an activating group) is 1. The first kappa shape index (κ1) is 17.6. The topological polar surface area (TPSA) is 107 Å². The van der Waals surface area contributed by atoms with Crippen molar-refractivity contribution < 1.29 is 22.7 Å². The van der Waals surface area contributed by atoms with E-state index in [1.165, 1.54) is 30.1 Å². The lowest BCUT2D eigenvalue weighted by Crippen LogP contribution is -2.40. The van der Waals surface area contributed by atoms with E-state index >= 15 is 0 Å². The highest BCUT2D eigenvalue weighted by Crippen LogP contribution is 2.20. The summed E-state index contributed by atoms with van der Waals surface area (Å²) in [6, 6.07) is 3.89. The number of halogens is 1. The van der Waals surface area contributed by atoms with Gasteiger partial charge >= 0.3 is 5.97 Å². The smallest absolute Gasteiger partial charge is 0.338 e. The van der Waals surface area contributed by atoms with Crippen LogP contribution in [-0.2, 0) is 19.4 Å². The molecule has 0 unspecified atom stereocenters. The third-order valence-electron chi connectivity index (χ3n) is 3.71. The van der Waals surface area contributed by atoms with Gasteiger partial charge in [-0.2, -0.15) is 0 Å². The van der Waals surface area contributed by atoms with Crippen LogP contribution in [0.1, 0.15) is 16.8 Å². The Labute approximate surface area is 139 Å². The minimum Gasteiger partial charge on any atom is -0.452 e. The zero-order valence-electron chi connectivity index (χ0n) is 12.5. The van der Waals surface area contributed by atoms with Crippen LogP contribution in [0.3, 0.4) is 0 Å². The Morgan fingerprint density at radius 3 is 2.70 bits per heavy atom. The van der Waals surface area contributed by atoms with Gasteiger partial charge in [0.2, 0.25) is 0 Å². The van der Waals surface area contributed by atoms with Crippen LogP contribution in [0, 0.1) is 0 Å². The van der Waals surface area contributed by atoms with Crippen molar-refractivity contribution in [2.45, 2.75) is 12.5 Å². The molecule has 1 aliphatic rings. The summed E-state index contributed by atoms with van der Waals surface area (Å²) in [5.41, 5.74) is 6.02. The second kappa shape index (κ2) is 6.76. The summed E-state index contributed by atoms with van der Waals surface area (Å²) < 4.78 is 27.8. The summed E-state index contributed by atoms with van der Waals surface area (Å²) in [5, 5.41) is 0.319. The lowest BCUT2D eigenvalue weighted by molar-refractivity contribution is -0.134. The summed E-state index contributed by atoms with van der Waals surface area (Å²) in [6.07, 6.45) is 0.395. The Balaban J connectivity index is 1.91. The number of esters is 1. The second-order valence-corrected chi connectivity index (χ2v) is 8.01. The highest BCUT2D eigenvalue weighted by atomic mass is 35.5. The molecule has 7 nitrogen and oxygen atoms in total. The molecule has 2 N–H and O–H groups in total. The van der Waals surface area contributed by atoms with Crippen molar-refractivity contribution in [2.24, 2.45) is 0 Å². The maximum Gasteiger partial charge on any atom is 0.338 e. The van der Waals surface area contributed by atoms with E-state index in [1.807, 2.05) is 0 Å². The van der Waals surface area contributed by atoms with Gasteiger partial charge in [0.05, 0.1) is 27.8 Å². The van der Waals surface area contributed by atoms with Crippen LogP contribution in [0.4, 0.5) is 5.69 Å². The monoisotopic (exact) mass is 360 g/mol. The Bertz CT molecular complexity index is 735. The van der Waals surface area contributed by atoms with E-state index in [9.17, 15) is 18.0 Å². The van der Waals surface area contributed by atoms with Crippen molar-refractivity contribution in [3.8, 4) is 0 Å². The van der Waals surface area contributed by atoms with Crippen molar-refractivity contribution in [3.05, 3.63) is 28.8 Å². The Hall–Kier alpha value is -1.80. The van der Waals surface area contributed by atoms with Gasteiger partial charge in [-0.3, -0.25) is 4.79 Å². The molecule has 0 radical (unpaired) electrons. The van der Waals surface area contributed by atoms with E-state index in [4.69, 9.17) is 22.1 Å². The molecule has 0 spiro atoms. The summed E-state index contributed by atoms with van der Waals surface area (Å²) in [7, 11) is -1.58. The average Bonchev–Trinajstić information content (AvgIpc) is 2.86. The molecule has 1 aromatic rings. The molecule has 1 aliphatic heterocycles. The largest absolute Gasteiger partial charge is 0.452 e. The predicted octanol–water partition coefficient (Wildman–Crippen LogP) is 0.725. The van der Waals surface area contributed by atoms with Crippen molar-refractivity contribution in [1.29, 1.82) is 0 Å². The Kier molecular flexibility index (Phi) is 5.16. The summed E-state index contributed by atoms with van der Waals surface area (Å²) in [6.45, 7) is -0.464. The lowest BCUT2D eigenvalue weighted by atomic mass is 10.2. The average molecular weight is 361 g/mol. The van der Waals surface area contributed by atoms with Gasteiger partial charge in [0.1, 0.15) is 0 Å². The molecule has 1 fully saturated rings. The number of carbonyl (C=O) groups is 2. The molecule has 1 saturated heterocycles. The number of benzene rings is 1. The standard InChI is InChI=1S/C14H17ClN2O5S/c1-17(10-4-5-23(20,21)8-10)13(18)7-22-14(19)9-2-3-11(15)12(16)6-9/h2-3,6,10H,4-5,7-8,16H2,1H3/t10-/m0/s1. The Morgan fingerprint density at radius 1 is 1.43 bits per heavy atom. The van der Waals surface area contributed by atoms with Gasteiger partial charge in [-0.25, -0.2) is 13.2 Å². The van der Waals surface area contributed by atoms with Crippen LogP contribution in [-0.4, -0.2) is 56.4 Å². The number of hydrogen-bond acceptors (Lipinski definition) is 6. The molecule has 1 heterocycles. The zero-order valence-corrected chi connectivity index (χ0v) is 14.1. The van der Waals surface area contributed by atoms with E-state index in [1.54, 1.807) is 0 Å². The number of nitrogen functional groups attached to an aromatic ring is 1. The molecule has 23 heavy (non-hydrogen) atoms. The number of sulfone groups is 1. The number of rotatable bonds is 4. The number of nitrogens with two attached hydrogens (primary N) is 1. The first-order valence-electron chi connectivity index (χ1n) is 6.88. The van der Waals surface area contributed by atoms with Gasteiger partial charge in [-0.1, -0.05) is 11.6 Å². The number of carbonyl (C=O) groups excluding carboxylic acids is 2. The molecule has 1 atom stereocenters. The molecule has 9 heteroatoms. The number of anilines is 1. The molecule has 1 amide bonds. The molecular weight excluding hydrogens is 344 g/mol. The van der Waals surface area contributed by atoms with Crippen LogP contribution in [0.15, 0.2) is 18.2 Å². The van der Waals surface area contributed by atoms with E-state index in [0.717, 1.165) is 0 Å². The molecule has 0 aliphatic carbocycles. The fourth-order valence-electron chi connectivity index (χ4n) is 2.27. The fourth-order valence-corrected chi connectivity index (χ4v) is 4.16. The third kappa shape index (κ3) is 4.35.